The van der Waals surface area contributed by atoms with Gasteiger partial charge in [-0.25, -0.2) is 0 Å². The molecule has 0 aromatic heterocycles. The number of hydrogen-bond acceptors (Lipinski definition) is 3. The van der Waals surface area contributed by atoms with Crippen LogP contribution in [0.25, 0.3) is 0 Å². The van der Waals surface area contributed by atoms with Gasteiger partial charge in [-0.15, -0.1) is 0 Å². The Morgan fingerprint density at radius 2 is 2.20 bits per heavy atom. The van der Waals surface area contributed by atoms with Crippen LogP contribution in [0.15, 0.2) is 12.1 Å². The predicted molar refractivity (Wildman–Crippen MR) is 66.9 cm³/mol. The summed E-state index contributed by atoms with van der Waals surface area (Å²) in [6, 6.07) is 3.47. The lowest BCUT2D eigenvalue weighted by Crippen LogP contribution is -2.00. The molecule has 0 spiro atoms. The van der Waals surface area contributed by atoms with E-state index in [1.807, 2.05) is 6.92 Å². The summed E-state index contributed by atoms with van der Waals surface area (Å²) < 4.78 is 11.6. The van der Waals surface area contributed by atoms with Crippen LogP contribution in [0.2, 0.25) is 0 Å². The SMILES string of the molecule is CCCOc1cc(C=O)cc(I)c1OC. The van der Waals surface area contributed by atoms with Gasteiger partial charge < -0.3 is 9.47 Å². The molecule has 1 aromatic rings. The summed E-state index contributed by atoms with van der Waals surface area (Å²) in [5, 5.41) is 0. The summed E-state index contributed by atoms with van der Waals surface area (Å²) in [5.41, 5.74) is 0.603. The Hall–Kier alpha value is -0.780. The summed E-state index contributed by atoms with van der Waals surface area (Å²) in [6.45, 7) is 2.65. The molecule has 0 aliphatic rings. The van der Waals surface area contributed by atoms with Gasteiger partial charge in [-0.1, -0.05) is 6.92 Å². The average molecular weight is 320 g/mol. The highest BCUT2D eigenvalue weighted by Crippen LogP contribution is 2.33. The Kier molecular flexibility index (Phi) is 4.87. The first-order chi connectivity index (χ1) is 7.22. The van der Waals surface area contributed by atoms with Gasteiger partial charge in [-0.05, 0) is 41.1 Å². The number of halogens is 1. The Bertz CT molecular complexity index is 350. The van der Waals surface area contributed by atoms with Crippen LogP contribution >= 0.6 is 22.6 Å². The lowest BCUT2D eigenvalue weighted by Gasteiger charge is -2.12. The van der Waals surface area contributed by atoms with E-state index in [2.05, 4.69) is 22.6 Å². The predicted octanol–water partition coefficient (Wildman–Crippen LogP) is 2.90. The fourth-order valence-electron chi connectivity index (χ4n) is 1.17. The van der Waals surface area contributed by atoms with Crippen LogP contribution in [-0.2, 0) is 0 Å². The Morgan fingerprint density at radius 1 is 1.47 bits per heavy atom. The number of ether oxygens (including phenoxy) is 2. The van der Waals surface area contributed by atoms with Crippen LogP contribution in [-0.4, -0.2) is 20.0 Å². The minimum atomic E-state index is 0.603. The van der Waals surface area contributed by atoms with Gasteiger partial charge in [0.1, 0.15) is 6.29 Å². The molecule has 0 fully saturated rings. The maximum Gasteiger partial charge on any atom is 0.174 e. The van der Waals surface area contributed by atoms with Crippen molar-refractivity contribution in [1.29, 1.82) is 0 Å². The highest BCUT2D eigenvalue weighted by atomic mass is 127. The maximum absolute atomic E-state index is 10.7. The number of rotatable bonds is 5. The molecule has 0 N–H and O–H groups in total. The van der Waals surface area contributed by atoms with Gasteiger partial charge in [0.15, 0.2) is 11.5 Å². The monoisotopic (exact) mass is 320 g/mol. The second-order valence-electron chi connectivity index (χ2n) is 3.00. The minimum Gasteiger partial charge on any atom is -0.492 e. The van der Waals surface area contributed by atoms with Crippen LogP contribution < -0.4 is 9.47 Å². The fourth-order valence-corrected chi connectivity index (χ4v) is 2.02. The number of benzene rings is 1. The van der Waals surface area contributed by atoms with Gasteiger partial charge in [0.2, 0.25) is 0 Å². The van der Waals surface area contributed by atoms with E-state index in [9.17, 15) is 4.79 Å². The quantitative estimate of drug-likeness (QED) is 0.618. The first-order valence-corrected chi connectivity index (χ1v) is 5.76. The largest absolute Gasteiger partial charge is 0.492 e. The molecule has 3 nitrogen and oxygen atoms in total. The third-order valence-corrected chi connectivity index (χ3v) is 2.64. The zero-order valence-corrected chi connectivity index (χ0v) is 10.9. The van der Waals surface area contributed by atoms with E-state index in [1.165, 1.54) is 0 Å². The Labute approximate surface area is 103 Å². The Morgan fingerprint density at radius 3 is 2.73 bits per heavy atom. The van der Waals surface area contributed by atoms with Crippen molar-refractivity contribution >= 4 is 28.9 Å². The summed E-state index contributed by atoms with van der Waals surface area (Å²) in [5.74, 6) is 1.32. The molecule has 0 bridgehead atoms. The van der Waals surface area contributed by atoms with Crippen molar-refractivity contribution in [3.63, 3.8) is 0 Å². The van der Waals surface area contributed by atoms with E-state index in [0.29, 0.717) is 23.7 Å². The van der Waals surface area contributed by atoms with Gasteiger partial charge in [0, 0.05) is 5.56 Å². The standard InChI is InChI=1S/C11H13IO3/c1-3-4-15-10-6-8(7-13)5-9(12)11(10)14-2/h5-7H,3-4H2,1-2H3. The molecule has 1 aromatic carbocycles. The molecule has 0 heterocycles. The fraction of sp³-hybridized carbons (Fsp3) is 0.364. The molecule has 0 atom stereocenters. The normalized spacial score (nSPS) is 9.80. The van der Waals surface area contributed by atoms with Crippen LogP contribution in [0.5, 0.6) is 11.5 Å². The van der Waals surface area contributed by atoms with Crippen LogP contribution in [0.1, 0.15) is 23.7 Å². The van der Waals surface area contributed by atoms with E-state index in [0.717, 1.165) is 16.3 Å². The molecule has 15 heavy (non-hydrogen) atoms. The first-order valence-electron chi connectivity index (χ1n) is 4.68. The molecule has 82 valence electrons. The number of hydrogen-bond donors (Lipinski definition) is 0. The Balaban J connectivity index is 3.07. The third-order valence-electron chi connectivity index (χ3n) is 1.83. The molecule has 0 saturated carbocycles. The minimum absolute atomic E-state index is 0.603. The van der Waals surface area contributed by atoms with Crippen molar-refractivity contribution in [3.05, 3.63) is 21.3 Å². The van der Waals surface area contributed by atoms with E-state index in [1.54, 1.807) is 19.2 Å². The lowest BCUT2D eigenvalue weighted by molar-refractivity contribution is 0.112. The highest BCUT2D eigenvalue weighted by molar-refractivity contribution is 14.1. The summed E-state index contributed by atoms with van der Waals surface area (Å²) in [4.78, 5) is 10.7. The highest BCUT2D eigenvalue weighted by Gasteiger charge is 2.10. The van der Waals surface area contributed by atoms with E-state index in [-0.39, 0.29) is 0 Å². The average Bonchev–Trinajstić information content (AvgIpc) is 2.25. The number of carbonyl (C=O) groups excluding carboxylic acids is 1. The molecule has 0 saturated heterocycles. The summed E-state index contributed by atoms with van der Waals surface area (Å²) >= 11 is 2.12. The molecule has 0 unspecified atom stereocenters. The van der Waals surface area contributed by atoms with Gasteiger partial charge in [-0.3, -0.25) is 4.79 Å². The number of aldehydes is 1. The van der Waals surface area contributed by atoms with Crippen LogP contribution in [0.4, 0.5) is 0 Å². The molecule has 0 radical (unpaired) electrons. The molecule has 4 heteroatoms. The van der Waals surface area contributed by atoms with Crippen LogP contribution in [0, 0.1) is 3.57 Å². The van der Waals surface area contributed by atoms with Gasteiger partial charge >= 0.3 is 0 Å². The first kappa shape index (κ1) is 12.3. The van der Waals surface area contributed by atoms with E-state index < -0.39 is 0 Å². The molecule has 0 aliphatic carbocycles. The molecule has 0 amide bonds. The second-order valence-corrected chi connectivity index (χ2v) is 4.16. The summed E-state index contributed by atoms with van der Waals surface area (Å²) in [6.07, 6.45) is 1.73. The van der Waals surface area contributed by atoms with Crippen molar-refractivity contribution in [2.75, 3.05) is 13.7 Å². The third kappa shape index (κ3) is 3.09. The second kappa shape index (κ2) is 5.95. The van der Waals surface area contributed by atoms with Crippen molar-refractivity contribution in [2.45, 2.75) is 13.3 Å². The van der Waals surface area contributed by atoms with Crippen molar-refractivity contribution in [1.82, 2.24) is 0 Å². The van der Waals surface area contributed by atoms with Gasteiger partial charge in [0.25, 0.3) is 0 Å². The van der Waals surface area contributed by atoms with Crippen molar-refractivity contribution in [3.8, 4) is 11.5 Å². The molecule has 0 aliphatic heterocycles. The van der Waals surface area contributed by atoms with E-state index >= 15 is 0 Å². The topological polar surface area (TPSA) is 35.5 Å². The summed E-state index contributed by atoms with van der Waals surface area (Å²) in [7, 11) is 1.59. The molecular formula is C11H13IO3. The number of carbonyl (C=O) groups is 1. The number of methoxy groups -OCH3 is 1. The smallest absolute Gasteiger partial charge is 0.174 e. The van der Waals surface area contributed by atoms with Crippen molar-refractivity contribution in [2.24, 2.45) is 0 Å². The maximum atomic E-state index is 10.7. The van der Waals surface area contributed by atoms with Crippen LogP contribution in [0.3, 0.4) is 0 Å². The zero-order valence-electron chi connectivity index (χ0n) is 8.75. The molecular weight excluding hydrogens is 307 g/mol. The zero-order chi connectivity index (χ0) is 11.3. The van der Waals surface area contributed by atoms with E-state index in [4.69, 9.17) is 9.47 Å². The lowest BCUT2D eigenvalue weighted by atomic mass is 10.2. The van der Waals surface area contributed by atoms with Crippen molar-refractivity contribution < 1.29 is 14.3 Å². The molecule has 1 rings (SSSR count). The van der Waals surface area contributed by atoms with Gasteiger partial charge in [0.05, 0.1) is 17.3 Å². The van der Waals surface area contributed by atoms with Gasteiger partial charge in [-0.2, -0.15) is 0 Å².